The monoisotopic (exact) mass is 429 g/mol. The molecule has 2 heterocycles. The van der Waals surface area contributed by atoms with Crippen LogP contribution in [0.25, 0.3) is 5.76 Å². The number of halogens is 1. The highest BCUT2D eigenvalue weighted by Crippen LogP contribution is 2.40. The summed E-state index contributed by atoms with van der Waals surface area (Å²) in [6.45, 7) is 1.14. The highest BCUT2D eigenvalue weighted by molar-refractivity contribution is 6.46. The van der Waals surface area contributed by atoms with Gasteiger partial charge in [0.25, 0.3) is 11.7 Å². The number of aliphatic hydroxyl groups is 1. The van der Waals surface area contributed by atoms with E-state index in [1.165, 1.54) is 18.1 Å². The standard InChI is InChI=1S/C22H24ClN3O4/c1-25(2)10-5-11-26-19(15-6-4-9-24-13-15)18(21(28)22(26)29)20(27)14-7-8-17(30-3)16(23)12-14/h4,6-9,12-13,19,27H,5,10-11H2,1-3H3/b20-18+/t19-/m0/s1. The van der Waals surface area contributed by atoms with Crippen molar-refractivity contribution >= 4 is 29.1 Å². The fourth-order valence-corrected chi connectivity index (χ4v) is 3.78. The van der Waals surface area contributed by atoms with E-state index in [0.717, 1.165) is 6.54 Å². The summed E-state index contributed by atoms with van der Waals surface area (Å²) in [6, 6.07) is 7.51. The van der Waals surface area contributed by atoms with E-state index in [4.69, 9.17) is 16.3 Å². The summed E-state index contributed by atoms with van der Waals surface area (Å²) in [6.07, 6.45) is 3.90. The van der Waals surface area contributed by atoms with Crippen LogP contribution in [0.5, 0.6) is 5.75 Å². The van der Waals surface area contributed by atoms with Gasteiger partial charge in [-0.1, -0.05) is 17.7 Å². The number of aromatic nitrogens is 1. The van der Waals surface area contributed by atoms with E-state index in [1.54, 1.807) is 36.7 Å². The molecule has 1 amide bonds. The van der Waals surface area contributed by atoms with Gasteiger partial charge in [0.15, 0.2) is 0 Å². The van der Waals surface area contributed by atoms with E-state index in [-0.39, 0.29) is 11.3 Å². The molecule has 30 heavy (non-hydrogen) atoms. The van der Waals surface area contributed by atoms with Crippen molar-refractivity contribution < 1.29 is 19.4 Å². The van der Waals surface area contributed by atoms with Crippen molar-refractivity contribution in [2.45, 2.75) is 12.5 Å². The van der Waals surface area contributed by atoms with Gasteiger partial charge in [-0.25, -0.2) is 0 Å². The zero-order valence-electron chi connectivity index (χ0n) is 17.1. The molecule has 1 aromatic carbocycles. The van der Waals surface area contributed by atoms with Gasteiger partial charge in [0.1, 0.15) is 11.5 Å². The molecule has 1 N–H and O–H groups in total. The Hall–Kier alpha value is -2.90. The fourth-order valence-electron chi connectivity index (χ4n) is 3.52. The van der Waals surface area contributed by atoms with Gasteiger partial charge >= 0.3 is 0 Å². The Morgan fingerprint density at radius 1 is 1.30 bits per heavy atom. The van der Waals surface area contributed by atoms with Gasteiger partial charge < -0.3 is 19.6 Å². The highest BCUT2D eigenvalue weighted by Gasteiger charge is 2.45. The number of methoxy groups -OCH3 is 1. The molecule has 1 atom stereocenters. The van der Waals surface area contributed by atoms with Crippen molar-refractivity contribution in [1.82, 2.24) is 14.8 Å². The molecule has 1 saturated heterocycles. The van der Waals surface area contributed by atoms with Crippen LogP contribution < -0.4 is 4.74 Å². The number of nitrogens with zero attached hydrogens (tertiary/aromatic N) is 3. The predicted octanol–water partition coefficient (Wildman–Crippen LogP) is 3.12. The maximum atomic E-state index is 12.9. The number of hydrogen-bond donors (Lipinski definition) is 1. The molecule has 0 bridgehead atoms. The molecule has 0 saturated carbocycles. The lowest BCUT2D eigenvalue weighted by molar-refractivity contribution is -0.139. The minimum atomic E-state index is -0.724. The molecule has 3 rings (SSSR count). The third kappa shape index (κ3) is 4.32. The number of rotatable bonds is 7. The SMILES string of the molecule is COc1ccc(/C(O)=C2\C(=O)C(=O)N(CCCN(C)C)[C@H]2c2cccnc2)cc1Cl. The Morgan fingerprint density at radius 2 is 2.07 bits per heavy atom. The second-order valence-electron chi connectivity index (χ2n) is 7.29. The Labute approximate surface area is 180 Å². The minimum absolute atomic E-state index is 0.0269. The summed E-state index contributed by atoms with van der Waals surface area (Å²) < 4.78 is 5.14. The van der Waals surface area contributed by atoms with Gasteiger partial charge in [-0.3, -0.25) is 14.6 Å². The number of carbonyl (C=O) groups is 2. The summed E-state index contributed by atoms with van der Waals surface area (Å²) in [4.78, 5) is 33.4. The van der Waals surface area contributed by atoms with Crippen LogP contribution in [0.3, 0.4) is 0 Å². The zero-order chi connectivity index (χ0) is 21.8. The van der Waals surface area contributed by atoms with E-state index in [9.17, 15) is 14.7 Å². The maximum Gasteiger partial charge on any atom is 0.295 e. The molecule has 1 fully saturated rings. The van der Waals surface area contributed by atoms with E-state index in [1.807, 2.05) is 19.0 Å². The van der Waals surface area contributed by atoms with Crippen LogP contribution in [0.4, 0.5) is 0 Å². The van der Waals surface area contributed by atoms with E-state index >= 15 is 0 Å². The molecule has 1 aliphatic heterocycles. The lowest BCUT2D eigenvalue weighted by Gasteiger charge is -2.25. The predicted molar refractivity (Wildman–Crippen MR) is 114 cm³/mol. The van der Waals surface area contributed by atoms with Gasteiger partial charge in [0.05, 0.1) is 23.7 Å². The number of aliphatic hydroxyl groups excluding tert-OH is 1. The van der Waals surface area contributed by atoms with Crippen molar-refractivity contribution in [2.24, 2.45) is 0 Å². The molecule has 8 heteroatoms. The van der Waals surface area contributed by atoms with E-state index in [0.29, 0.717) is 34.9 Å². The first-order valence-electron chi connectivity index (χ1n) is 9.52. The van der Waals surface area contributed by atoms with Crippen LogP contribution in [0.2, 0.25) is 5.02 Å². The van der Waals surface area contributed by atoms with E-state index in [2.05, 4.69) is 4.98 Å². The number of pyridine rings is 1. The van der Waals surface area contributed by atoms with Crippen LogP contribution in [0, 0.1) is 0 Å². The summed E-state index contributed by atoms with van der Waals surface area (Å²) in [7, 11) is 5.38. The topological polar surface area (TPSA) is 83.0 Å². The fraction of sp³-hybridized carbons (Fsp3) is 0.318. The number of carbonyl (C=O) groups excluding carboxylic acids is 2. The smallest absolute Gasteiger partial charge is 0.295 e. The van der Waals surface area contributed by atoms with Gasteiger partial charge in [0.2, 0.25) is 0 Å². The zero-order valence-corrected chi connectivity index (χ0v) is 17.9. The third-order valence-electron chi connectivity index (χ3n) is 4.97. The van der Waals surface area contributed by atoms with Gasteiger partial charge in [-0.15, -0.1) is 0 Å². The largest absolute Gasteiger partial charge is 0.507 e. The number of hydrogen-bond acceptors (Lipinski definition) is 6. The van der Waals surface area contributed by atoms with Crippen molar-refractivity contribution in [3.05, 3.63) is 64.4 Å². The molecule has 158 valence electrons. The van der Waals surface area contributed by atoms with E-state index < -0.39 is 17.7 Å². The minimum Gasteiger partial charge on any atom is -0.507 e. The molecule has 0 aliphatic carbocycles. The summed E-state index contributed by atoms with van der Waals surface area (Å²) in [5.74, 6) is -1.19. The Kier molecular flexibility index (Phi) is 6.74. The number of amides is 1. The molecule has 0 radical (unpaired) electrons. The normalized spacial score (nSPS) is 18.3. The molecule has 0 spiro atoms. The molecule has 2 aromatic rings. The molecule has 1 aliphatic rings. The molecular weight excluding hydrogens is 406 g/mol. The quantitative estimate of drug-likeness (QED) is 0.413. The maximum absolute atomic E-state index is 12.9. The van der Waals surface area contributed by atoms with Crippen molar-refractivity contribution in [3.8, 4) is 5.75 Å². The summed E-state index contributed by atoms with van der Waals surface area (Å²) in [5, 5.41) is 11.3. The van der Waals surface area contributed by atoms with Crippen LogP contribution in [-0.4, -0.2) is 65.9 Å². The van der Waals surface area contributed by atoms with Crippen molar-refractivity contribution in [2.75, 3.05) is 34.3 Å². The number of ether oxygens (including phenoxy) is 1. The molecular formula is C22H24ClN3O4. The van der Waals surface area contributed by atoms with Gasteiger partial charge in [-0.05, 0) is 56.9 Å². The number of Topliss-reactive ketones (excluding diaryl/α,β-unsaturated/α-hetero) is 1. The summed E-state index contributed by atoms with van der Waals surface area (Å²) >= 11 is 6.19. The van der Waals surface area contributed by atoms with Crippen LogP contribution >= 0.6 is 11.6 Å². The second kappa shape index (κ2) is 9.28. The first kappa shape index (κ1) is 21.8. The highest BCUT2D eigenvalue weighted by atomic mass is 35.5. The Balaban J connectivity index is 2.08. The molecule has 0 unspecified atom stereocenters. The number of ketones is 1. The van der Waals surface area contributed by atoms with Crippen LogP contribution in [0.1, 0.15) is 23.6 Å². The molecule has 1 aromatic heterocycles. The number of likely N-dealkylation sites (tertiary alicyclic amines) is 1. The second-order valence-corrected chi connectivity index (χ2v) is 7.69. The third-order valence-corrected chi connectivity index (χ3v) is 5.27. The van der Waals surface area contributed by atoms with Gasteiger partial charge in [-0.2, -0.15) is 0 Å². The molecule has 7 nitrogen and oxygen atoms in total. The van der Waals surface area contributed by atoms with Crippen molar-refractivity contribution in [3.63, 3.8) is 0 Å². The number of benzene rings is 1. The first-order valence-corrected chi connectivity index (χ1v) is 9.90. The lowest BCUT2D eigenvalue weighted by atomic mass is 9.96. The van der Waals surface area contributed by atoms with Crippen LogP contribution in [-0.2, 0) is 9.59 Å². The Morgan fingerprint density at radius 3 is 2.67 bits per heavy atom. The van der Waals surface area contributed by atoms with Gasteiger partial charge in [0, 0.05) is 24.5 Å². The first-order chi connectivity index (χ1) is 14.3. The average Bonchev–Trinajstić information content (AvgIpc) is 2.98. The summed E-state index contributed by atoms with van der Waals surface area (Å²) in [5.41, 5.74) is 1.02. The Bertz CT molecular complexity index is 976. The average molecular weight is 430 g/mol. The lowest BCUT2D eigenvalue weighted by Crippen LogP contribution is -2.32. The van der Waals surface area contributed by atoms with Crippen molar-refractivity contribution in [1.29, 1.82) is 0 Å². The van der Waals surface area contributed by atoms with Crippen LogP contribution in [0.15, 0.2) is 48.3 Å².